The van der Waals surface area contributed by atoms with E-state index in [2.05, 4.69) is 42.7 Å². The second-order valence-electron chi connectivity index (χ2n) is 5.90. The summed E-state index contributed by atoms with van der Waals surface area (Å²) in [6, 6.07) is 0.673. The first-order chi connectivity index (χ1) is 9.06. The van der Waals surface area contributed by atoms with E-state index in [4.69, 9.17) is 9.26 Å². The van der Waals surface area contributed by atoms with Crippen molar-refractivity contribution in [1.82, 2.24) is 10.1 Å². The average Bonchev–Trinajstić information content (AvgIpc) is 2.86. The van der Waals surface area contributed by atoms with Crippen molar-refractivity contribution in [3.05, 3.63) is 5.82 Å². The molecule has 1 aromatic heterocycles. The van der Waals surface area contributed by atoms with Gasteiger partial charge in [0.2, 0.25) is 0 Å². The number of hydrogen-bond donors (Lipinski definition) is 0. The second kappa shape index (κ2) is 6.37. The lowest BCUT2D eigenvalue weighted by atomic mass is 9.98. The molecule has 5 heteroatoms. The zero-order chi connectivity index (χ0) is 13.8. The Labute approximate surface area is 115 Å². The van der Waals surface area contributed by atoms with E-state index in [1.54, 1.807) is 0 Å². The molecule has 0 aromatic carbocycles. The predicted molar refractivity (Wildman–Crippen MR) is 74.4 cm³/mol. The van der Waals surface area contributed by atoms with Gasteiger partial charge in [-0.2, -0.15) is 4.98 Å². The van der Waals surface area contributed by atoms with Crippen molar-refractivity contribution >= 4 is 6.01 Å². The number of nitrogens with zero attached hydrogens (tertiary/aromatic N) is 3. The lowest BCUT2D eigenvalue weighted by Gasteiger charge is -2.30. The number of aromatic nitrogens is 2. The first-order valence-corrected chi connectivity index (χ1v) is 7.26. The lowest BCUT2D eigenvalue weighted by Crippen LogP contribution is -2.35. The maximum atomic E-state index is 5.69. The molecule has 0 amide bonds. The van der Waals surface area contributed by atoms with E-state index in [-0.39, 0.29) is 0 Å². The molecule has 0 saturated carbocycles. The molecule has 0 spiro atoms. The molecular weight excluding hydrogens is 242 g/mol. The van der Waals surface area contributed by atoms with Crippen LogP contribution in [-0.2, 0) is 4.74 Å². The van der Waals surface area contributed by atoms with Crippen LogP contribution in [0, 0.1) is 5.92 Å². The van der Waals surface area contributed by atoms with Crippen LogP contribution in [0.3, 0.4) is 0 Å². The molecule has 2 rings (SSSR count). The first-order valence-electron chi connectivity index (χ1n) is 7.26. The van der Waals surface area contributed by atoms with Gasteiger partial charge in [-0.25, -0.2) is 0 Å². The maximum absolute atomic E-state index is 5.69. The Bertz CT molecular complexity index is 382. The standard InChI is InChI=1S/C14H25N3O2/c1-10(2)13-15-14(19-16-13)17-7-5-12(6-8-17)9-18-11(3)4/h10-12H,5-9H2,1-4H3. The van der Waals surface area contributed by atoms with Crippen LogP contribution in [0.15, 0.2) is 4.52 Å². The fourth-order valence-electron chi connectivity index (χ4n) is 2.21. The van der Waals surface area contributed by atoms with Crippen LogP contribution in [-0.4, -0.2) is 35.9 Å². The Morgan fingerprint density at radius 2 is 1.95 bits per heavy atom. The molecule has 5 nitrogen and oxygen atoms in total. The third-order valence-electron chi connectivity index (χ3n) is 3.50. The molecule has 0 radical (unpaired) electrons. The number of rotatable bonds is 5. The summed E-state index contributed by atoms with van der Waals surface area (Å²) < 4.78 is 11.0. The molecule has 1 saturated heterocycles. The molecule has 2 heterocycles. The summed E-state index contributed by atoms with van der Waals surface area (Å²) >= 11 is 0. The van der Waals surface area contributed by atoms with Crippen LogP contribution < -0.4 is 4.90 Å². The zero-order valence-electron chi connectivity index (χ0n) is 12.4. The molecule has 19 heavy (non-hydrogen) atoms. The van der Waals surface area contributed by atoms with Gasteiger partial charge in [0.15, 0.2) is 5.82 Å². The van der Waals surface area contributed by atoms with Gasteiger partial charge in [-0.3, -0.25) is 0 Å². The van der Waals surface area contributed by atoms with E-state index in [1.165, 1.54) is 0 Å². The van der Waals surface area contributed by atoms with Crippen molar-refractivity contribution in [2.75, 3.05) is 24.6 Å². The van der Waals surface area contributed by atoms with Crippen LogP contribution in [0.25, 0.3) is 0 Å². The molecule has 0 atom stereocenters. The minimum atomic E-state index is 0.314. The molecule has 0 bridgehead atoms. The summed E-state index contributed by atoms with van der Waals surface area (Å²) in [4.78, 5) is 6.63. The Hall–Kier alpha value is -1.10. The van der Waals surface area contributed by atoms with Gasteiger partial charge in [-0.1, -0.05) is 19.0 Å². The first kappa shape index (κ1) is 14.3. The second-order valence-corrected chi connectivity index (χ2v) is 5.90. The highest BCUT2D eigenvalue weighted by molar-refractivity contribution is 5.26. The maximum Gasteiger partial charge on any atom is 0.324 e. The fraction of sp³-hybridized carbons (Fsp3) is 0.857. The molecule has 1 aromatic rings. The largest absolute Gasteiger partial charge is 0.379 e. The van der Waals surface area contributed by atoms with E-state index in [1.807, 2.05) is 0 Å². The summed E-state index contributed by atoms with van der Waals surface area (Å²) in [6.07, 6.45) is 2.58. The fourth-order valence-corrected chi connectivity index (χ4v) is 2.21. The van der Waals surface area contributed by atoms with E-state index in [0.29, 0.717) is 24.0 Å². The van der Waals surface area contributed by atoms with Gasteiger partial charge in [0.1, 0.15) is 0 Å². The monoisotopic (exact) mass is 267 g/mol. The number of anilines is 1. The third-order valence-corrected chi connectivity index (χ3v) is 3.50. The average molecular weight is 267 g/mol. The van der Waals surface area contributed by atoms with Gasteiger partial charge < -0.3 is 14.2 Å². The van der Waals surface area contributed by atoms with Crippen LogP contribution in [0.1, 0.15) is 52.3 Å². The SMILES string of the molecule is CC(C)OCC1CCN(c2nc(C(C)C)no2)CC1. The van der Waals surface area contributed by atoms with E-state index >= 15 is 0 Å². The van der Waals surface area contributed by atoms with E-state index < -0.39 is 0 Å². The van der Waals surface area contributed by atoms with E-state index in [9.17, 15) is 0 Å². The van der Waals surface area contributed by atoms with Crippen molar-refractivity contribution in [2.24, 2.45) is 5.92 Å². The molecule has 0 N–H and O–H groups in total. The molecule has 1 fully saturated rings. The minimum Gasteiger partial charge on any atom is -0.379 e. The summed E-state index contributed by atoms with van der Waals surface area (Å²) in [6.45, 7) is 11.1. The Balaban J connectivity index is 1.82. The van der Waals surface area contributed by atoms with Gasteiger partial charge in [-0.05, 0) is 32.6 Å². The topological polar surface area (TPSA) is 51.4 Å². The predicted octanol–water partition coefficient (Wildman–Crippen LogP) is 2.83. The van der Waals surface area contributed by atoms with Gasteiger partial charge in [0.25, 0.3) is 0 Å². The van der Waals surface area contributed by atoms with Crippen LogP contribution >= 0.6 is 0 Å². The van der Waals surface area contributed by atoms with Crippen molar-refractivity contribution in [3.63, 3.8) is 0 Å². The van der Waals surface area contributed by atoms with Crippen LogP contribution in [0.2, 0.25) is 0 Å². The zero-order valence-corrected chi connectivity index (χ0v) is 12.4. The Morgan fingerprint density at radius 3 is 2.47 bits per heavy atom. The quantitative estimate of drug-likeness (QED) is 0.821. The molecule has 0 aliphatic carbocycles. The van der Waals surface area contributed by atoms with Gasteiger partial charge in [0, 0.05) is 25.6 Å². The highest BCUT2D eigenvalue weighted by atomic mass is 16.5. The van der Waals surface area contributed by atoms with Crippen molar-refractivity contribution in [2.45, 2.75) is 52.6 Å². The Kier molecular flexibility index (Phi) is 4.80. The third kappa shape index (κ3) is 3.93. The molecule has 1 aliphatic rings. The number of piperidine rings is 1. The smallest absolute Gasteiger partial charge is 0.324 e. The highest BCUT2D eigenvalue weighted by Crippen LogP contribution is 2.23. The van der Waals surface area contributed by atoms with Crippen LogP contribution in [0.5, 0.6) is 0 Å². The lowest BCUT2D eigenvalue weighted by molar-refractivity contribution is 0.0446. The van der Waals surface area contributed by atoms with E-state index in [0.717, 1.165) is 38.4 Å². The van der Waals surface area contributed by atoms with Gasteiger partial charge >= 0.3 is 6.01 Å². The summed E-state index contributed by atoms with van der Waals surface area (Å²) in [7, 11) is 0. The van der Waals surface area contributed by atoms with Crippen LogP contribution in [0.4, 0.5) is 6.01 Å². The molecule has 1 aliphatic heterocycles. The van der Waals surface area contributed by atoms with Crippen molar-refractivity contribution in [3.8, 4) is 0 Å². The number of ether oxygens (including phenoxy) is 1. The summed E-state index contributed by atoms with van der Waals surface area (Å²) in [5, 5.41) is 4.02. The molecule has 108 valence electrons. The van der Waals surface area contributed by atoms with Gasteiger partial charge in [0.05, 0.1) is 6.10 Å². The molecular formula is C14H25N3O2. The Morgan fingerprint density at radius 1 is 1.26 bits per heavy atom. The minimum absolute atomic E-state index is 0.314. The van der Waals surface area contributed by atoms with Gasteiger partial charge in [-0.15, -0.1) is 0 Å². The highest BCUT2D eigenvalue weighted by Gasteiger charge is 2.23. The van der Waals surface area contributed by atoms with Crippen molar-refractivity contribution in [1.29, 1.82) is 0 Å². The summed E-state index contributed by atoms with van der Waals surface area (Å²) in [5.41, 5.74) is 0. The normalized spacial score (nSPS) is 17.7. The molecule has 0 unspecified atom stereocenters. The summed E-state index contributed by atoms with van der Waals surface area (Å²) in [5.74, 6) is 1.76. The number of hydrogen-bond acceptors (Lipinski definition) is 5. The van der Waals surface area contributed by atoms with Crippen molar-refractivity contribution < 1.29 is 9.26 Å².